The lowest BCUT2D eigenvalue weighted by Crippen LogP contribution is -2.31. The van der Waals surface area contributed by atoms with Crippen molar-refractivity contribution in [3.05, 3.63) is 77.1 Å². The molecule has 0 spiro atoms. The van der Waals surface area contributed by atoms with Crippen molar-refractivity contribution in [2.24, 2.45) is 0 Å². The second-order valence-electron chi connectivity index (χ2n) is 7.59. The van der Waals surface area contributed by atoms with Crippen molar-refractivity contribution < 1.29 is 4.74 Å². The molecule has 0 atom stereocenters. The van der Waals surface area contributed by atoms with E-state index in [4.69, 9.17) is 4.74 Å². The summed E-state index contributed by atoms with van der Waals surface area (Å²) in [6.45, 7) is 3.67. The lowest BCUT2D eigenvalue weighted by Gasteiger charge is -2.26. The van der Waals surface area contributed by atoms with E-state index in [-0.39, 0.29) is 0 Å². The van der Waals surface area contributed by atoms with E-state index in [0.717, 1.165) is 25.1 Å². The Morgan fingerprint density at radius 2 is 1.50 bits per heavy atom. The minimum Gasteiger partial charge on any atom is -0.462 e. The van der Waals surface area contributed by atoms with Crippen LogP contribution in [0.4, 0.5) is 0 Å². The minimum absolute atomic E-state index is 0.976. The summed E-state index contributed by atoms with van der Waals surface area (Å²) in [4.78, 5) is 2.60. The molecule has 1 aliphatic carbocycles. The fourth-order valence-corrected chi connectivity index (χ4v) is 3.73. The fourth-order valence-electron chi connectivity index (χ4n) is 3.73. The summed E-state index contributed by atoms with van der Waals surface area (Å²) in [6.07, 6.45) is 8.59. The molecule has 1 saturated heterocycles. The average Bonchev–Trinajstić information content (AvgIpc) is 3.53. The third-order valence-corrected chi connectivity index (χ3v) is 5.41. The summed E-state index contributed by atoms with van der Waals surface area (Å²) in [5.41, 5.74) is 4.20. The predicted molar refractivity (Wildman–Crippen MR) is 107 cm³/mol. The highest BCUT2D eigenvalue weighted by Gasteiger charge is 2.21. The van der Waals surface area contributed by atoms with Gasteiger partial charge < -0.3 is 9.64 Å². The Hall–Kier alpha value is -2.06. The maximum atomic E-state index is 6.29. The maximum absolute atomic E-state index is 6.29. The topological polar surface area (TPSA) is 12.5 Å². The van der Waals surface area contributed by atoms with E-state index in [1.54, 1.807) is 0 Å². The smallest absolute Gasteiger partial charge is 0.126 e. The first-order chi connectivity index (χ1) is 12.9. The van der Waals surface area contributed by atoms with Crippen LogP contribution in [0.5, 0.6) is 5.75 Å². The molecular formula is C24H29NO. The SMILES string of the molecule is c1ccc(Cc2ccc(OC(CCN3CCCCC3)=C3CC3)cc2)cc1. The fraction of sp³-hybridized carbons (Fsp3) is 0.417. The van der Waals surface area contributed by atoms with E-state index in [1.807, 2.05) is 0 Å². The standard InChI is InChI=1S/C24H29NO/c1-3-7-20(8-4-1)19-21-9-13-23(14-10-21)26-24(22-11-12-22)15-18-25-16-5-2-6-17-25/h1,3-4,7-10,13-14H,2,5-6,11-12,15-19H2. The van der Waals surface area contributed by atoms with Crippen LogP contribution in [0.15, 0.2) is 65.9 Å². The highest BCUT2D eigenvalue weighted by molar-refractivity contribution is 5.33. The number of likely N-dealkylation sites (tertiary alicyclic amines) is 1. The zero-order chi connectivity index (χ0) is 17.6. The molecule has 2 heteroatoms. The number of hydrogen-bond acceptors (Lipinski definition) is 2. The lowest BCUT2D eigenvalue weighted by molar-refractivity contribution is 0.222. The van der Waals surface area contributed by atoms with Gasteiger partial charge in [-0.05, 0) is 74.0 Å². The summed E-state index contributed by atoms with van der Waals surface area (Å²) < 4.78 is 6.29. The number of ether oxygens (including phenoxy) is 1. The van der Waals surface area contributed by atoms with Crippen molar-refractivity contribution in [2.75, 3.05) is 19.6 Å². The van der Waals surface area contributed by atoms with Gasteiger partial charge in [-0.3, -0.25) is 0 Å². The van der Waals surface area contributed by atoms with Gasteiger partial charge in [-0.1, -0.05) is 48.9 Å². The van der Waals surface area contributed by atoms with Crippen LogP contribution in [0.3, 0.4) is 0 Å². The van der Waals surface area contributed by atoms with Crippen LogP contribution in [-0.2, 0) is 6.42 Å². The van der Waals surface area contributed by atoms with E-state index in [1.165, 1.54) is 67.7 Å². The highest BCUT2D eigenvalue weighted by atomic mass is 16.5. The largest absolute Gasteiger partial charge is 0.462 e. The van der Waals surface area contributed by atoms with E-state index >= 15 is 0 Å². The van der Waals surface area contributed by atoms with Gasteiger partial charge in [0.1, 0.15) is 11.5 Å². The summed E-state index contributed by atoms with van der Waals surface area (Å²) in [6, 6.07) is 19.3. The van der Waals surface area contributed by atoms with Gasteiger partial charge in [0, 0.05) is 13.0 Å². The normalized spacial score (nSPS) is 17.2. The van der Waals surface area contributed by atoms with Crippen molar-refractivity contribution in [3.8, 4) is 5.75 Å². The molecular weight excluding hydrogens is 318 g/mol. The van der Waals surface area contributed by atoms with Crippen molar-refractivity contribution in [3.63, 3.8) is 0 Å². The van der Waals surface area contributed by atoms with Crippen molar-refractivity contribution in [2.45, 2.75) is 44.9 Å². The first kappa shape index (κ1) is 17.4. The molecule has 0 aromatic heterocycles. The monoisotopic (exact) mass is 347 g/mol. The van der Waals surface area contributed by atoms with Crippen LogP contribution in [0.25, 0.3) is 0 Å². The molecule has 4 rings (SSSR count). The Morgan fingerprint density at radius 3 is 2.19 bits per heavy atom. The molecule has 2 fully saturated rings. The van der Waals surface area contributed by atoms with Gasteiger partial charge in [0.05, 0.1) is 0 Å². The van der Waals surface area contributed by atoms with Gasteiger partial charge >= 0.3 is 0 Å². The van der Waals surface area contributed by atoms with Gasteiger partial charge in [-0.2, -0.15) is 0 Å². The van der Waals surface area contributed by atoms with Gasteiger partial charge in [0.2, 0.25) is 0 Å². The number of piperidine rings is 1. The Labute approximate surface area is 157 Å². The molecule has 2 aromatic carbocycles. The lowest BCUT2D eigenvalue weighted by atomic mass is 10.1. The van der Waals surface area contributed by atoms with Crippen LogP contribution in [0.1, 0.15) is 49.7 Å². The van der Waals surface area contributed by atoms with Crippen molar-refractivity contribution >= 4 is 0 Å². The van der Waals surface area contributed by atoms with Crippen molar-refractivity contribution in [1.82, 2.24) is 4.90 Å². The van der Waals surface area contributed by atoms with Crippen LogP contribution in [0, 0.1) is 0 Å². The first-order valence-corrected chi connectivity index (χ1v) is 10.1. The molecule has 136 valence electrons. The van der Waals surface area contributed by atoms with Crippen LogP contribution in [0.2, 0.25) is 0 Å². The van der Waals surface area contributed by atoms with E-state index in [2.05, 4.69) is 59.5 Å². The molecule has 2 aromatic rings. The van der Waals surface area contributed by atoms with Gasteiger partial charge in [-0.25, -0.2) is 0 Å². The molecule has 1 saturated carbocycles. The number of allylic oxidation sites excluding steroid dienone is 1. The number of rotatable bonds is 7. The Morgan fingerprint density at radius 1 is 0.808 bits per heavy atom. The number of benzene rings is 2. The average molecular weight is 348 g/mol. The minimum atomic E-state index is 0.976. The first-order valence-electron chi connectivity index (χ1n) is 10.1. The predicted octanol–water partition coefficient (Wildman–Crippen LogP) is 5.58. The maximum Gasteiger partial charge on any atom is 0.126 e. The molecule has 1 heterocycles. The molecule has 0 amide bonds. The number of nitrogens with zero attached hydrogens (tertiary/aromatic N) is 1. The summed E-state index contributed by atoms with van der Waals surface area (Å²) in [5.74, 6) is 2.21. The molecule has 0 radical (unpaired) electrons. The molecule has 0 bridgehead atoms. The number of hydrogen-bond donors (Lipinski definition) is 0. The Kier molecular flexibility index (Phi) is 5.71. The summed E-state index contributed by atoms with van der Waals surface area (Å²) in [7, 11) is 0. The van der Waals surface area contributed by atoms with Gasteiger partial charge in [0.15, 0.2) is 0 Å². The van der Waals surface area contributed by atoms with Crippen molar-refractivity contribution in [1.29, 1.82) is 0 Å². The summed E-state index contributed by atoms with van der Waals surface area (Å²) >= 11 is 0. The second kappa shape index (κ2) is 8.55. The molecule has 1 aliphatic heterocycles. The van der Waals surface area contributed by atoms with Gasteiger partial charge in [-0.15, -0.1) is 0 Å². The Bertz CT molecular complexity index is 721. The van der Waals surface area contributed by atoms with Gasteiger partial charge in [0.25, 0.3) is 0 Å². The zero-order valence-electron chi connectivity index (χ0n) is 15.6. The van der Waals surface area contributed by atoms with E-state index in [9.17, 15) is 0 Å². The zero-order valence-corrected chi connectivity index (χ0v) is 15.6. The quantitative estimate of drug-likeness (QED) is 0.606. The molecule has 0 unspecified atom stereocenters. The second-order valence-corrected chi connectivity index (χ2v) is 7.59. The van der Waals surface area contributed by atoms with E-state index < -0.39 is 0 Å². The summed E-state index contributed by atoms with van der Waals surface area (Å²) in [5, 5.41) is 0. The molecule has 26 heavy (non-hydrogen) atoms. The molecule has 2 aliphatic rings. The molecule has 2 nitrogen and oxygen atoms in total. The third-order valence-electron chi connectivity index (χ3n) is 5.41. The Balaban J connectivity index is 1.34. The molecule has 0 N–H and O–H groups in total. The van der Waals surface area contributed by atoms with Crippen LogP contribution < -0.4 is 4.74 Å². The van der Waals surface area contributed by atoms with Crippen LogP contribution in [-0.4, -0.2) is 24.5 Å². The third kappa shape index (κ3) is 4.98. The van der Waals surface area contributed by atoms with E-state index in [0.29, 0.717) is 0 Å². The van der Waals surface area contributed by atoms with Crippen LogP contribution >= 0.6 is 0 Å². The highest BCUT2D eigenvalue weighted by Crippen LogP contribution is 2.34.